The van der Waals surface area contributed by atoms with Crippen LogP contribution in [-0.4, -0.2) is 15.7 Å². The van der Waals surface area contributed by atoms with Gasteiger partial charge in [-0.3, -0.25) is 4.79 Å². The Hall–Kier alpha value is -2.17. The second kappa shape index (κ2) is 8.47. The zero-order valence-corrected chi connectivity index (χ0v) is 16.5. The van der Waals surface area contributed by atoms with Crippen LogP contribution in [0.2, 0.25) is 0 Å². The first-order valence-corrected chi connectivity index (χ1v) is 9.43. The van der Waals surface area contributed by atoms with Gasteiger partial charge in [0, 0.05) is 17.4 Å². The number of amides is 1. The van der Waals surface area contributed by atoms with E-state index in [9.17, 15) is 9.18 Å². The van der Waals surface area contributed by atoms with E-state index >= 15 is 0 Å². The summed E-state index contributed by atoms with van der Waals surface area (Å²) in [6, 6.07) is 8.13. The first kappa shape index (κ1) is 20.1. The second-order valence-corrected chi connectivity index (χ2v) is 7.79. The van der Waals surface area contributed by atoms with Gasteiger partial charge in [0.05, 0.1) is 11.4 Å². The Morgan fingerprint density at radius 3 is 2.58 bits per heavy atom. The quantitative estimate of drug-likeness (QED) is 0.713. The van der Waals surface area contributed by atoms with Crippen molar-refractivity contribution in [2.24, 2.45) is 5.92 Å². The molecule has 1 aromatic carbocycles. The van der Waals surface area contributed by atoms with Crippen LogP contribution < -0.4 is 5.32 Å². The molecule has 0 unspecified atom stereocenters. The van der Waals surface area contributed by atoms with Crippen LogP contribution >= 0.6 is 0 Å². The summed E-state index contributed by atoms with van der Waals surface area (Å²) in [5, 5.41) is 7.65. The normalized spacial score (nSPS) is 12.8. The second-order valence-electron chi connectivity index (χ2n) is 7.79. The number of benzene rings is 1. The van der Waals surface area contributed by atoms with E-state index in [1.54, 1.807) is 16.8 Å². The van der Waals surface area contributed by atoms with Crippen LogP contribution in [0.5, 0.6) is 0 Å². The molecule has 5 heteroatoms. The zero-order valence-electron chi connectivity index (χ0n) is 16.5. The van der Waals surface area contributed by atoms with E-state index in [1.165, 1.54) is 12.1 Å². The van der Waals surface area contributed by atoms with Gasteiger partial charge in [0.1, 0.15) is 11.6 Å². The maximum atomic E-state index is 13.7. The monoisotopic (exact) mass is 359 g/mol. The van der Waals surface area contributed by atoms with E-state index in [4.69, 9.17) is 0 Å². The standard InChI is InChI=1S/C21H30FN3O/c1-6-8-10-15(7-2)20(26)23-19-14-18(21(3,4)5)24-25(19)17-12-9-11-16(22)13-17/h9,11-15H,6-8,10H2,1-5H3,(H,23,26)/t15-/m0/s1. The molecule has 2 rings (SSSR count). The SMILES string of the molecule is CCCC[C@H](CC)C(=O)Nc1cc(C(C)(C)C)nn1-c1cccc(F)c1. The number of nitrogens with zero attached hydrogens (tertiary/aromatic N) is 2. The van der Waals surface area contributed by atoms with Gasteiger partial charge in [-0.25, -0.2) is 9.07 Å². The molecule has 0 saturated heterocycles. The fourth-order valence-electron chi connectivity index (χ4n) is 2.84. The fraction of sp³-hybridized carbons (Fsp3) is 0.524. The van der Waals surface area contributed by atoms with Crippen molar-refractivity contribution in [3.63, 3.8) is 0 Å². The third kappa shape index (κ3) is 4.93. The van der Waals surface area contributed by atoms with Crippen LogP contribution in [0, 0.1) is 11.7 Å². The molecule has 1 aromatic heterocycles. The summed E-state index contributed by atoms with van der Waals surface area (Å²) in [6.45, 7) is 10.3. The number of halogens is 1. The van der Waals surface area contributed by atoms with Gasteiger partial charge in [0.2, 0.25) is 5.91 Å². The van der Waals surface area contributed by atoms with Crippen LogP contribution in [0.25, 0.3) is 5.69 Å². The molecule has 1 amide bonds. The van der Waals surface area contributed by atoms with Crippen LogP contribution in [0.15, 0.2) is 30.3 Å². The fourth-order valence-corrected chi connectivity index (χ4v) is 2.84. The molecular formula is C21H30FN3O. The number of unbranched alkanes of at least 4 members (excludes halogenated alkanes) is 1. The lowest BCUT2D eigenvalue weighted by molar-refractivity contribution is -0.120. The van der Waals surface area contributed by atoms with Crippen molar-refractivity contribution < 1.29 is 9.18 Å². The molecule has 0 aliphatic rings. The Morgan fingerprint density at radius 1 is 1.27 bits per heavy atom. The van der Waals surface area contributed by atoms with Crippen LogP contribution in [0.4, 0.5) is 10.2 Å². The molecule has 0 bridgehead atoms. The maximum Gasteiger partial charge on any atom is 0.228 e. The van der Waals surface area contributed by atoms with Gasteiger partial charge in [0.15, 0.2) is 0 Å². The van der Waals surface area contributed by atoms with Gasteiger partial charge >= 0.3 is 0 Å². The summed E-state index contributed by atoms with van der Waals surface area (Å²) in [5.41, 5.74) is 1.26. The minimum absolute atomic E-state index is 0.000961. The van der Waals surface area contributed by atoms with Gasteiger partial charge in [-0.1, -0.05) is 53.5 Å². The molecule has 1 N–H and O–H groups in total. The van der Waals surface area contributed by atoms with E-state index in [1.807, 2.05) is 13.0 Å². The maximum absolute atomic E-state index is 13.7. The van der Waals surface area contributed by atoms with Crippen LogP contribution in [0.1, 0.15) is 66.0 Å². The number of carbonyl (C=O) groups is 1. The number of carbonyl (C=O) groups excluding carboxylic acids is 1. The smallest absolute Gasteiger partial charge is 0.228 e. The Labute approximate surface area is 155 Å². The lowest BCUT2D eigenvalue weighted by Crippen LogP contribution is -2.23. The third-order valence-corrected chi connectivity index (χ3v) is 4.55. The van der Waals surface area contributed by atoms with Gasteiger partial charge in [-0.15, -0.1) is 0 Å². The van der Waals surface area contributed by atoms with E-state index < -0.39 is 0 Å². The molecule has 0 fully saturated rings. The number of anilines is 1. The number of aromatic nitrogens is 2. The Morgan fingerprint density at radius 2 is 2.00 bits per heavy atom. The van der Waals surface area contributed by atoms with Gasteiger partial charge in [-0.05, 0) is 31.0 Å². The number of hydrogen-bond acceptors (Lipinski definition) is 2. The lowest BCUT2D eigenvalue weighted by atomic mass is 9.92. The Bertz CT molecular complexity index is 746. The number of hydrogen-bond donors (Lipinski definition) is 1. The van der Waals surface area contributed by atoms with Crippen LogP contribution in [0.3, 0.4) is 0 Å². The van der Waals surface area contributed by atoms with Gasteiger partial charge in [-0.2, -0.15) is 5.10 Å². The van der Waals surface area contributed by atoms with Gasteiger partial charge in [0.25, 0.3) is 0 Å². The molecule has 142 valence electrons. The van der Waals surface area contributed by atoms with E-state index in [0.717, 1.165) is 31.4 Å². The summed E-state index contributed by atoms with van der Waals surface area (Å²) in [5.74, 6) is 0.227. The van der Waals surface area contributed by atoms with E-state index in [2.05, 4.69) is 38.1 Å². The first-order chi connectivity index (χ1) is 12.3. The molecule has 0 aliphatic heterocycles. The highest BCUT2D eigenvalue weighted by Gasteiger charge is 2.23. The zero-order chi connectivity index (χ0) is 19.3. The Balaban J connectivity index is 2.37. The largest absolute Gasteiger partial charge is 0.310 e. The van der Waals surface area contributed by atoms with E-state index in [0.29, 0.717) is 11.5 Å². The summed E-state index contributed by atoms with van der Waals surface area (Å²) in [6.07, 6.45) is 3.77. The average Bonchev–Trinajstić information content (AvgIpc) is 2.99. The average molecular weight is 359 g/mol. The minimum Gasteiger partial charge on any atom is -0.310 e. The Kier molecular flexibility index (Phi) is 6.57. The summed E-state index contributed by atoms with van der Waals surface area (Å²) in [7, 11) is 0. The summed E-state index contributed by atoms with van der Waals surface area (Å²) >= 11 is 0. The molecule has 26 heavy (non-hydrogen) atoms. The molecule has 0 radical (unpaired) electrons. The molecule has 1 heterocycles. The van der Waals surface area contributed by atoms with Crippen molar-refractivity contribution in [2.75, 3.05) is 5.32 Å². The lowest BCUT2D eigenvalue weighted by Gasteiger charge is -2.15. The first-order valence-electron chi connectivity index (χ1n) is 9.43. The highest BCUT2D eigenvalue weighted by molar-refractivity contribution is 5.92. The molecule has 0 spiro atoms. The van der Waals surface area contributed by atoms with Crippen LogP contribution in [-0.2, 0) is 10.2 Å². The number of rotatable bonds is 7. The van der Waals surface area contributed by atoms with Gasteiger partial charge < -0.3 is 5.32 Å². The van der Waals surface area contributed by atoms with E-state index in [-0.39, 0.29) is 23.1 Å². The predicted octanol–water partition coefficient (Wildman–Crippen LogP) is 5.46. The summed E-state index contributed by atoms with van der Waals surface area (Å²) in [4.78, 5) is 12.7. The molecule has 2 aromatic rings. The predicted molar refractivity (Wildman–Crippen MR) is 104 cm³/mol. The molecule has 1 atom stereocenters. The van der Waals surface area contributed by atoms with Crippen molar-refractivity contribution in [3.05, 3.63) is 41.8 Å². The highest BCUT2D eigenvalue weighted by Crippen LogP contribution is 2.27. The van der Waals surface area contributed by atoms with Crippen molar-refractivity contribution in [2.45, 2.75) is 65.7 Å². The number of nitrogens with one attached hydrogen (secondary N) is 1. The highest BCUT2D eigenvalue weighted by atomic mass is 19.1. The molecule has 0 aliphatic carbocycles. The summed E-state index contributed by atoms with van der Waals surface area (Å²) < 4.78 is 15.3. The third-order valence-electron chi connectivity index (χ3n) is 4.55. The molecular weight excluding hydrogens is 329 g/mol. The molecule has 0 saturated carbocycles. The molecule has 4 nitrogen and oxygen atoms in total. The van der Waals surface area contributed by atoms with Crippen molar-refractivity contribution in [3.8, 4) is 5.69 Å². The minimum atomic E-state index is -0.332. The van der Waals surface area contributed by atoms with Crippen molar-refractivity contribution in [1.82, 2.24) is 9.78 Å². The topological polar surface area (TPSA) is 46.9 Å². The van der Waals surface area contributed by atoms with Crippen molar-refractivity contribution in [1.29, 1.82) is 0 Å². The van der Waals surface area contributed by atoms with Crippen molar-refractivity contribution >= 4 is 11.7 Å².